The molecule has 0 saturated carbocycles. The Morgan fingerprint density at radius 2 is 0.630 bits per heavy atom. The molecule has 0 radical (unpaired) electrons. The molecular formula is C78H132N2Pd. The number of allylic oxidation sites excluding steroid dienone is 2. The third-order valence-corrected chi connectivity index (χ3v) is 17.5. The minimum atomic E-state index is 0. The average molecular weight is 1200 g/mol. The summed E-state index contributed by atoms with van der Waals surface area (Å²) in [5.41, 5.74) is 25.7. The van der Waals surface area contributed by atoms with Gasteiger partial charge in [-0.1, -0.05) is 342 Å². The van der Waals surface area contributed by atoms with Gasteiger partial charge in [0.1, 0.15) is 0 Å². The van der Waals surface area contributed by atoms with Gasteiger partial charge >= 0.3 is 5.87 Å². The Hall–Kier alpha value is -2.44. The van der Waals surface area contributed by atoms with Crippen LogP contribution in [0.25, 0.3) is 11.1 Å². The Morgan fingerprint density at radius 1 is 0.333 bits per heavy atom. The van der Waals surface area contributed by atoms with Crippen LogP contribution < -0.4 is 0 Å². The van der Waals surface area contributed by atoms with Gasteiger partial charge in [0.2, 0.25) is 0 Å². The van der Waals surface area contributed by atoms with E-state index in [0.717, 1.165) is 101 Å². The quantitative estimate of drug-likeness (QED) is 0.0120. The summed E-state index contributed by atoms with van der Waals surface area (Å²) in [4.78, 5) is 3.71. The van der Waals surface area contributed by atoms with Crippen LogP contribution in [0.2, 0.25) is 0 Å². The van der Waals surface area contributed by atoms with E-state index in [1.807, 2.05) is 0 Å². The number of hydrogen-bond acceptors (Lipinski definition) is 0. The van der Waals surface area contributed by atoms with E-state index in [9.17, 15) is 5.53 Å². The molecule has 2 aromatic rings. The number of rotatable bonds is 54. The first kappa shape index (κ1) is 76.6. The van der Waals surface area contributed by atoms with E-state index in [1.165, 1.54) is 272 Å². The zero-order chi connectivity index (χ0) is 57.8. The molecule has 0 aliphatic heterocycles. The van der Waals surface area contributed by atoms with Crippen LogP contribution >= 0.6 is 0 Å². The number of nitrogens with zero attached hydrogens (tertiary/aromatic N) is 2. The average Bonchev–Trinajstić information content (AvgIpc) is 3.56. The van der Waals surface area contributed by atoms with Crippen molar-refractivity contribution < 1.29 is 25.2 Å². The third kappa shape index (κ3) is 36.2. The molecule has 0 amide bonds. The van der Waals surface area contributed by atoms with E-state index in [-0.39, 0.29) is 20.4 Å². The van der Waals surface area contributed by atoms with Gasteiger partial charge in [-0.25, -0.2) is 0 Å². The summed E-state index contributed by atoms with van der Waals surface area (Å²) in [5, 5.41) is 0. The molecule has 0 unspecified atom stereocenters. The molecule has 2 rings (SSSR count). The first-order valence-corrected chi connectivity index (χ1v) is 36.0. The number of aryl methyl sites for hydroxylation is 4. The van der Waals surface area contributed by atoms with Gasteiger partial charge in [0.15, 0.2) is 0 Å². The molecule has 0 saturated heterocycles. The molecule has 464 valence electrons. The third-order valence-electron chi connectivity index (χ3n) is 17.5. The SMILES string of the molecule is CCCCCCCCCCCCCCCCCCCCCCCCCCCCC#CC(C(=C=[N+]=[N-])CCCCC)=C(c1cc(CCC)c(CCC)c(CCC)c1)c1cc(CCCCCC)c(CCCCCC)c(CCCCCC)c1.[Pd]. The molecule has 0 bridgehead atoms. The molecule has 0 heterocycles. The zero-order valence-corrected chi connectivity index (χ0v) is 56.8. The maximum absolute atomic E-state index is 10.4. The van der Waals surface area contributed by atoms with Crippen LogP contribution in [0.3, 0.4) is 0 Å². The van der Waals surface area contributed by atoms with Gasteiger partial charge < -0.3 is 5.53 Å². The fourth-order valence-electron chi connectivity index (χ4n) is 12.7. The molecule has 0 fully saturated rings. The summed E-state index contributed by atoms with van der Waals surface area (Å²) in [6.07, 6.45) is 67.4. The molecule has 2 aromatic carbocycles. The topological polar surface area (TPSA) is 36.4 Å². The van der Waals surface area contributed by atoms with Crippen molar-refractivity contribution in [3.63, 3.8) is 0 Å². The standard InChI is InChI=1S/C78H132N2.Pd/c1-9-17-22-26-27-28-29-30-31-32-33-34-35-36-37-38-39-40-41-42-43-44-45-46-47-48-49-54-62-77(72(67-80-79)60-50-21-13-5)78(73-63-68(55-14-6)75(57-16-8)69(64-73)56-15-7)74-65-70(58-51-23-18-10-2)76(61-53-25-20-12-4)71(66-74)59-52-24-19-11-3;/h63-66H,9-53,55-61H2,1-8H3;. The number of hydrogen-bond donors (Lipinski definition) is 0. The summed E-state index contributed by atoms with van der Waals surface area (Å²) < 4.78 is 0. The Bertz CT molecular complexity index is 1940. The van der Waals surface area contributed by atoms with Gasteiger partial charge in [-0.2, -0.15) is 0 Å². The van der Waals surface area contributed by atoms with Gasteiger partial charge in [-0.15, -0.1) is 4.79 Å². The van der Waals surface area contributed by atoms with E-state index in [2.05, 4.69) is 102 Å². The first-order valence-electron chi connectivity index (χ1n) is 36.0. The maximum Gasteiger partial charge on any atom is 0.304 e. The summed E-state index contributed by atoms with van der Waals surface area (Å²) >= 11 is 0. The Kier molecular flexibility index (Phi) is 52.4. The van der Waals surface area contributed by atoms with Crippen molar-refractivity contribution in [3.8, 4) is 11.8 Å². The second kappa shape index (κ2) is 55.4. The molecular weight excluding hydrogens is 1070 g/mol. The Labute approximate surface area is 520 Å². The molecule has 81 heavy (non-hydrogen) atoms. The second-order valence-electron chi connectivity index (χ2n) is 25.0. The summed E-state index contributed by atoms with van der Waals surface area (Å²) in [6, 6.07) is 10.4. The van der Waals surface area contributed by atoms with Crippen molar-refractivity contribution >= 4 is 11.4 Å². The Morgan fingerprint density at radius 3 is 0.975 bits per heavy atom. The van der Waals surface area contributed by atoms with Crippen LogP contribution in [0.5, 0.6) is 0 Å². The molecule has 0 aliphatic rings. The zero-order valence-electron chi connectivity index (χ0n) is 55.3. The van der Waals surface area contributed by atoms with Crippen LogP contribution in [-0.2, 0) is 58.9 Å². The fourth-order valence-corrected chi connectivity index (χ4v) is 12.7. The second-order valence-corrected chi connectivity index (χ2v) is 25.0. The first-order chi connectivity index (χ1) is 39.5. The van der Waals surface area contributed by atoms with E-state index in [0.29, 0.717) is 0 Å². The number of benzene rings is 2. The van der Waals surface area contributed by atoms with Crippen molar-refractivity contribution in [3.05, 3.63) is 85.5 Å². The van der Waals surface area contributed by atoms with Crippen LogP contribution in [0.1, 0.15) is 395 Å². The maximum atomic E-state index is 10.4. The molecule has 0 spiro atoms. The summed E-state index contributed by atoms with van der Waals surface area (Å²) in [7, 11) is 0. The van der Waals surface area contributed by atoms with E-state index in [1.54, 1.807) is 22.3 Å². The molecule has 2 nitrogen and oxygen atoms in total. The van der Waals surface area contributed by atoms with E-state index >= 15 is 0 Å². The molecule has 0 atom stereocenters. The monoisotopic (exact) mass is 1200 g/mol. The van der Waals surface area contributed by atoms with Crippen molar-refractivity contribution in [1.29, 1.82) is 0 Å². The van der Waals surface area contributed by atoms with Gasteiger partial charge in [-0.3, -0.25) is 0 Å². The minimum absolute atomic E-state index is 0. The van der Waals surface area contributed by atoms with Crippen molar-refractivity contribution in [2.24, 2.45) is 0 Å². The minimum Gasteiger partial charge on any atom is -0.348 e. The van der Waals surface area contributed by atoms with Crippen LogP contribution in [0.4, 0.5) is 0 Å². The normalized spacial score (nSPS) is 11.5. The Balaban J connectivity index is 0.0000328. The largest absolute Gasteiger partial charge is 0.348 e. The van der Waals surface area contributed by atoms with Gasteiger partial charge in [-0.05, 0) is 122 Å². The fraction of sp³-hybridized carbons (Fsp3) is 0.769. The number of unbranched alkanes of at least 4 members (excludes halogenated alkanes) is 37. The van der Waals surface area contributed by atoms with Crippen LogP contribution in [-0.4, -0.2) is 10.7 Å². The van der Waals surface area contributed by atoms with Gasteiger partial charge in [0, 0.05) is 32.4 Å². The molecule has 0 aromatic heterocycles. The predicted octanol–water partition coefficient (Wildman–Crippen LogP) is 25.7. The van der Waals surface area contributed by atoms with Crippen molar-refractivity contribution in [2.75, 3.05) is 0 Å². The predicted molar refractivity (Wildman–Crippen MR) is 359 cm³/mol. The molecule has 0 aliphatic carbocycles. The van der Waals surface area contributed by atoms with Crippen molar-refractivity contribution in [2.45, 2.75) is 389 Å². The van der Waals surface area contributed by atoms with E-state index in [4.69, 9.17) is 0 Å². The summed E-state index contributed by atoms with van der Waals surface area (Å²) in [6.45, 7) is 18.6. The van der Waals surface area contributed by atoms with E-state index < -0.39 is 0 Å². The van der Waals surface area contributed by atoms with Crippen LogP contribution in [0, 0.1) is 11.8 Å². The molecule has 3 heteroatoms. The van der Waals surface area contributed by atoms with Gasteiger partial charge in [0.05, 0.1) is 11.1 Å². The van der Waals surface area contributed by atoms with Crippen molar-refractivity contribution in [1.82, 2.24) is 0 Å². The van der Waals surface area contributed by atoms with Crippen LogP contribution in [0.15, 0.2) is 35.4 Å². The van der Waals surface area contributed by atoms with Gasteiger partial charge in [0.25, 0.3) is 0 Å². The summed E-state index contributed by atoms with van der Waals surface area (Å²) in [5.74, 6) is 10.9. The molecule has 0 N–H and O–H groups in total. The smallest absolute Gasteiger partial charge is 0.304 e.